The number of para-hydroxylation sites is 1. The molecule has 1 N–H and O–H groups in total. The van der Waals surface area contributed by atoms with Crippen LogP contribution in [0.3, 0.4) is 0 Å². The summed E-state index contributed by atoms with van der Waals surface area (Å²) in [5.41, 5.74) is 2.27. The second kappa shape index (κ2) is 9.48. The molecule has 1 aliphatic heterocycles. The van der Waals surface area contributed by atoms with Gasteiger partial charge in [-0.25, -0.2) is 14.2 Å². The Bertz CT molecular complexity index is 1450. The molecule has 9 heteroatoms. The molecule has 0 radical (unpaired) electrons. The number of imidazole rings is 1. The van der Waals surface area contributed by atoms with Crippen molar-refractivity contribution in [1.29, 1.82) is 0 Å². The molecule has 1 atom stereocenters. The highest BCUT2D eigenvalue weighted by Gasteiger charge is 2.41. The molecule has 1 aliphatic rings. The predicted molar refractivity (Wildman–Crippen MR) is 141 cm³/mol. The van der Waals surface area contributed by atoms with E-state index in [-0.39, 0.29) is 16.8 Å². The number of hydrogen-bond donors (Lipinski definition) is 1. The Hall–Kier alpha value is -3.55. The molecule has 0 saturated heterocycles. The van der Waals surface area contributed by atoms with Crippen LogP contribution in [0.1, 0.15) is 37.2 Å². The number of nitrogens with one attached hydrogen (secondary N) is 1. The molecular formula is C27H23Cl2FN4O2. The highest BCUT2D eigenvalue weighted by Crippen LogP contribution is 2.45. The first kappa shape index (κ1) is 24.2. The average Bonchev–Trinajstić information content (AvgIpc) is 3.25. The maximum absolute atomic E-state index is 15.3. The Morgan fingerprint density at radius 3 is 2.44 bits per heavy atom. The van der Waals surface area contributed by atoms with Gasteiger partial charge in [0.1, 0.15) is 17.6 Å². The molecule has 0 aliphatic carbocycles. The van der Waals surface area contributed by atoms with Crippen molar-refractivity contribution in [2.45, 2.75) is 25.9 Å². The number of methoxy groups -OCH3 is 1. The zero-order valence-corrected chi connectivity index (χ0v) is 21.3. The molecular weight excluding hydrogens is 502 g/mol. The molecule has 36 heavy (non-hydrogen) atoms. The number of ether oxygens (including phenoxy) is 1. The van der Waals surface area contributed by atoms with Crippen LogP contribution in [0.25, 0.3) is 11.4 Å². The summed E-state index contributed by atoms with van der Waals surface area (Å²) in [4.78, 5) is 19.7. The maximum Gasteiger partial charge on any atom is 0.328 e. The van der Waals surface area contributed by atoms with Gasteiger partial charge < -0.3 is 9.30 Å². The van der Waals surface area contributed by atoms with Gasteiger partial charge in [-0.05, 0) is 55.8 Å². The van der Waals surface area contributed by atoms with E-state index in [2.05, 4.69) is 5.32 Å². The fraction of sp³-hybridized carbons (Fsp3) is 0.185. The Labute approximate surface area is 218 Å². The lowest BCUT2D eigenvalue weighted by atomic mass is 9.98. The standard InChI is InChI=1S/C27H23Cl2FN4O2/c1-15(2)33-24-23(16-11-13-17(28)14-12-16)34(20-9-6-8-19(29)22(20)30)27(35)32-25(24)31-26(33)18-7-4-5-10-21(18)36-3/h4-15,23H,1-3H3,(H,32,35). The minimum Gasteiger partial charge on any atom is -0.496 e. The summed E-state index contributed by atoms with van der Waals surface area (Å²) in [6, 6.07) is 18.0. The van der Waals surface area contributed by atoms with Gasteiger partial charge in [0.15, 0.2) is 11.6 Å². The molecule has 1 unspecified atom stereocenters. The fourth-order valence-corrected chi connectivity index (χ4v) is 4.92. The summed E-state index contributed by atoms with van der Waals surface area (Å²) in [5, 5.41) is 3.34. The van der Waals surface area contributed by atoms with Gasteiger partial charge in [0, 0.05) is 11.1 Å². The summed E-state index contributed by atoms with van der Waals surface area (Å²) in [6.07, 6.45) is 0. The van der Waals surface area contributed by atoms with Crippen molar-refractivity contribution in [3.05, 3.63) is 93.8 Å². The monoisotopic (exact) mass is 524 g/mol. The zero-order chi connectivity index (χ0) is 25.6. The van der Waals surface area contributed by atoms with Crippen LogP contribution >= 0.6 is 23.2 Å². The number of amides is 2. The molecule has 184 valence electrons. The van der Waals surface area contributed by atoms with E-state index in [1.54, 1.807) is 25.3 Å². The number of carbonyl (C=O) groups excluding carboxylic acids is 1. The number of halogens is 3. The third-order valence-corrected chi connectivity index (χ3v) is 6.69. The summed E-state index contributed by atoms with van der Waals surface area (Å²) in [6.45, 7) is 4.06. The minimum atomic E-state index is -0.711. The Kier molecular flexibility index (Phi) is 6.36. The molecule has 1 aromatic heterocycles. The van der Waals surface area contributed by atoms with Crippen LogP contribution in [0.15, 0.2) is 66.7 Å². The molecule has 5 rings (SSSR count). The molecule has 4 aromatic rings. The van der Waals surface area contributed by atoms with Crippen molar-refractivity contribution in [1.82, 2.24) is 9.55 Å². The summed E-state index contributed by atoms with van der Waals surface area (Å²) in [5.74, 6) is 0.986. The maximum atomic E-state index is 15.3. The van der Waals surface area contributed by atoms with Gasteiger partial charge in [0.2, 0.25) is 0 Å². The van der Waals surface area contributed by atoms with Gasteiger partial charge in [-0.2, -0.15) is 0 Å². The van der Waals surface area contributed by atoms with Crippen molar-refractivity contribution in [3.8, 4) is 17.1 Å². The Morgan fingerprint density at radius 2 is 1.75 bits per heavy atom. The molecule has 0 fully saturated rings. The number of urea groups is 1. The van der Waals surface area contributed by atoms with Crippen LogP contribution in [-0.2, 0) is 0 Å². The molecule has 6 nitrogen and oxygen atoms in total. The van der Waals surface area contributed by atoms with Crippen LogP contribution in [-0.4, -0.2) is 22.7 Å². The van der Waals surface area contributed by atoms with Crippen molar-refractivity contribution < 1.29 is 13.9 Å². The first-order chi connectivity index (χ1) is 17.3. The number of fused-ring (bicyclic) bond motifs is 1. The zero-order valence-electron chi connectivity index (χ0n) is 19.8. The Balaban J connectivity index is 1.82. The van der Waals surface area contributed by atoms with Crippen LogP contribution in [0, 0.1) is 5.82 Å². The van der Waals surface area contributed by atoms with Gasteiger partial charge in [0.25, 0.3) is 0 Å². The minimum absolute atomic E-state index is 0.0564. The van der Waals surface area contributed by atoms with Crippen LogP contribution in [0.4, 0.5) is 20.7 Å². The number of aromatic nitrogens is 2. The van der Waals surface area contributed by atoms with Gasteiger partial charge in [0.05, 0.1) is 29.1 Å². The average molecular weight is 525 g/mol. The number of anilines is 2. The lowest BCUT2D eigenvalue weighted by Gasteiger charge is -2.37. The molecule has 0 saturated carbocycles. The summed E-state index contributed by atoms with van der Waals surface area (Å²) < 4.78 is 22.9. The van der Waals surface area contributed by atoms with E-state index in [1.165, 1.54) is 17.0 Å². The van der Waals surface area contributed by atoms with Crippen LogP contribution < -0.4 is 15.0 Å². The highest BCUT2D eigenvalue weighted by molar-refractivity contribution is 6.31. The van der Waals surface area contributed by atoms with Gasteiger partial charge in [-0.1, -0.05) is 53.5 Å². The molecule has 3 aromatic carbocycles. The van der Waals surface area contributed by atoms with E-state index in [4.69, 9.17) is 32.9 Å². The van der Waals surface area contributed by atoms with E-state index in [0.29, 0.717) is 28.1 Å². The lowest BCUT2D eigenvalue weighted by molar-refractivity contribution is 0.254. The van der Waals surface area contributed by atoms with E-state index in [0.717, 1.165) is 11.1 Å². The quantitative estimate of drug-likeness (QED) is 0.290. The molecule has 2 amide bonds. The number of carbonyl (C=O) groups is 1. The second-order valence-electron chi connectivity index (χ2n) is 8.66. The van der Waals surface area contributed by atoms with Crippen LogP contribution in [0.2, 0.25) is 10.0 Å². The van der Waals surface area contributed by atoms with Crippen molar-refractivity contribution >= 4 is 40.7 Å². The topological polar surface area (TPSA) is 59.4 Å². The van der Waals surface area contributed by atoms with Crippen molar-refractivity contribution in [2.75, 3.05) is 17.3 Å². The third-order valence-electron chi connectivity index (χ3n) is 6.15. The highest BCUT2D eigenvalue weighted by atomic mass is 35.5. The predicted octanol–water partition coefficient (Wildman–Crippen LogP) is 7.73. The number of benzene rings is 3. The molecule has 0 spiro atoms. The van der Waals surface area contributed by atoms with E-state index in [1.807, 2.05) is 54.8 Å². The summed E-state index contributed by atoms with van der Waals surface area (Å²) in [7, 11) is 1.60. The first-order valence-electron chi connectivity index (χ1n) is 11.4. The largest absolute Gasteiger partial charge is 0.496 e. The van der Waals surface area contributed by atoms with Gasteiger partial charge in [-0.15, -0.1) is 0 Å². The Morgan fingerprint density at radius 1 is 1.03 bits per heavy atom. The van der Waals surface area contributed by atoms with Gasteiger partial charge in [-0.3, -0.25) is 10.2 Å². The van der Waals surface area contributed by atoms with E-state index >= 15 is 4.39 Å². The van der Waals surface area contributed by atoms with Crippen molar-refractivity contribution in [2.24, 2.45) is 0 Å². The van der Waals surface area contributed by atoms with Gasteiger partial charge >= 0.3 is 6.03 Å². The SMILES string of the molecule is COc1ccccc1-c1nc2c(n1C(C)C)C(c1ccc(Cl)cc1)N(c1cccc(Cl)c1F)C(=O)N2. The smallest absolute Gasteiger partial charge is 0.328 e. The number of nitrogens with zero attached hydrogens (tertiary/aromatic N) is 3. The number of hydrogen-bond acceptors (Lipinski definition) is 3. The molecule has 0 bridgehead atoms. The third kappa shape index (κ3) is 3.98. The van der Waals surface area contributed by atoms with E-state index in [9.17, 15) is 4.79 Å². The summed E-state index contributed by atoms with van der Waals surface area (Å²) >= 11 is 12.3. The first-order valence-corrected chi connectivity index (χ1v) is 12.1. The number of rotatable bonds is 5. The normalized spacial score (nSPS) is 15.1. The fourth-order valence-electron chi connectivity index (χ4n) is 4.62. The lowest BCUT2D eigenvalue weighted by Crippen LogP contribution is -2.44. The van der Waals surface area contributed by atoms with Crippen LogP contribution in [0.5, 0.6) is 5.75 Å². The van der Waals surface area contributed by atoms with Crippen molar-refractivity contribution in [3.63, 3.8) is 0 Å². The molecule has 2 heterocycles. The second-order valence-corrected chi connectivity index (χ2v) is 9.50. The van der Waals surface area contributed by atoms with E-state index < -0.39 is 17.9 Å².